The summed E-state index contributed by atoms with van der Waals surface area (Å²) in [5, 5.41) is 5.18. The van der Waals surface area contributed by atoms with Gasteiger partial charge in [0.2, 0.25) is 0 Å². The molecule has 35 nitrogen and oxygen atoms in total. The van der Waals surface area contributed by atoms with Gasteiger partial charge >= 0.3 is 77.0 Å². The van der Waals surface area contributed by atoms with Crippen molar-refractivity contribution in [1.82, 2.24) is 10.2 Å². The van der Waals surface area contributed by atoms with Crippen molar-refractivity contribution in [3.05, 3.63) is 152 Å². The van der Waals surface area contributed by atoms with Crippen LogP contribution in [0.5, 0.6) is 28.7 Å². The van der Waals surface area contributed by atoms with Gasteiger partial charge in [-0.3, -0.25) is 41.5 Å². The molecular formula is C79H143N5O30P8. The molecule has 0 aliphatic carbocycles. The molecule has 0 amide bonds. The number of para-hydroxylation sites is 5. The molecule has 0 aliphatic heterocycles. The third-order valence-corrected chi connectivity index (χ3v) is 27.3. The highest BCUT2D eigenvalue weighted by atomic mass is 31.2. The summed E-state index contributed by atoms with van der Waals surface area (Å²) in [6, 6.07) is 43.4. The molecule has 9 atom stereocenters. The minimum atomic E-state index is -3.76. The monoisotopic (exact) mass is 1890 g/mol. The van der Waals surface area contributed by atoms with Crippen molar-refractivity contribution in [3.63, 3.8) is 0 Å². The molecule has 5 rings (SSSR count). The van der Waals surface area contributed by atoms with Crippen LogP contribution in [-0.2, 0) is 83.7 Å². The maximum atomic E-state index is 12.9. The number of unbranched alkanes of at least 4 members (excludes halogenated alkanes) is 5. The number of esters is 4. The first-order chi connectivity index (χ1) is 57.3. The van der Waals surface area contributed by atoms with E-state index < -0.39 is 109 Å². The second-order valence-corrected chi connectivity index (χ2v) is 42.2. The molecule has 704 valence electrons. The van der Waals surface area contributed by atoms with Gasteiger partial charge in [0.25, 0.3) is 7.52 Å². The van der Waals surface area contributed by atoms with Crippen LogP contribution in [0.25, 0.3) is 0 Å². The predicted molar refractivity (Wildman–Crippen MR) is 483 cm³/mol. The Hall–Kier alpha value is -5.74. The first kappa shape index (κ1) is 120. The van der Waals surface area contributed by atoms with Crippen LogP contribution in [0.1, 0.15) is 176 Å². The molecule has 0 radical (unpaired) electrons. The standard InChI is InChI=1S/C16H19O3P.C15H24NO4P.C15H23O5P.C10H15O3P.C8H19N2O4P.C8H18NO5P.C4H11O3P.C3H10NO3P.2H2/c1-2-3-14-20(17,18-15-10-6-4-7-11-15)19-16-12-8-5-9-13-16;1-4-6-12-21(18,16-13(3)15(17)19-5-2)20-14-10-8-7-9-11-14;1-4-6-12-21(17,19-13(3)15(16)18-5-2)20-14-10-8-7-9-11-14;1-2-3-9-14(11,12)13-10-7-5-4-6-8-10;1-3-14-8(11)7(2)10-15(12,13)6-4-5-9;1-3-13-8(10)7(2)14-15(11,12)6-4-5-9;1-2-3-4-8(5,6)7;4-2-1-3-8(5,6)7;;/h4-13H,2-3,14H2,1H3;7-11,13H,4-6,12H2,1-3H3,(H,16,18);7-11,13H,4-6,12H2,1-3H3;4-8H,2-3,9H2,1H3,(H,11,12);7H,3-6,9H2,1-2H3,(H2,10,12,13);7H,3-6,9H2,1-2H3,(H,11,12);2-4H2,1H3,(H2,5,6,7);1-4H2,(H2,5,6,7);2*1H/t;2*13-,21?;;2*7-;;;;/m.00.00..../s1. The highest BCUT2D eigenvalue weighted by Gasteiger charge is 2.34. The Morgan fingerprint density at radius 3 is 0.926 bits per heavy atom. The Morgan fingerprint density at radius 2 is 0.590 bits per heavy atom. The molecule has 122 heavy (non-hydrogen) atoms. The van der Waals surface area contributed by atoms with E-state index in [4.69, 9.17) is 82.7 Å². The van der Waals surface area contributed by atoms with Gasteiger partial charge in [-0.15, -0.1) is 0 Å². The Balaban J connectivity index is -0.000000442. The normalized spacial score (nSPS) is 14.4. The summed E-state index contributed by atoms with van der Waals surface area (Å²) in [5.41, 5.74) is 15.4. The van der Waals surface area contributed by atoms with E-state index in [9.17, 15) is 70.4 Å². The molecule has 0 saturated carbocycles. The number of hydrogen-bond donors (Lipinski definition) is 12. The number of benzene rings is 5. The number of nitrogens with two attached hydrogens (primary N) is 3. The van der Waals surface area contributed by atoms with Crippen LogP contribution in [-0.4, -0.2) is 178 Å². The molecule has 0 heterocycles. The number of nitrogens with one attached hydrogen (secondary N) is 2. The van der Waals surface area contributed by atoms with Crippen LogP contribution in [0.4, 0.5) is 0 Å². The quantitative estimate of drug-likeness (QED) is 0.00977. The fraction of sp³-hybridized carbons (Fsp3) is 0.570. The van der Waals surface area contributed by atoms with Gasteiger partial charge in [-0.25, -0.2) is 33.5 Å². The fourth-order valence-corrected chi connectivity index (χ4v) is 20.0. The third kappa shape index (κ3) is 67.6. The van der Waals surface area contributed by atoms with Crippen LogP contribution >= 0.6 is 60.6 Å². The molecule has 0 aliphatic rings. The first-order valence-corrected chi connectivity index (χ1v) is 54.8. The minimum Gasteiger partial charge on any atom is -0.465 e. The third-order valence-electron chi connectivity index (χ3n) is 14.8. The molecule has 15 N–H and O–H groups in total. The smallest absolute Gasteiger partial charge is 0.430 e. The largest absolute Gasteiger partial charge is 0.465 e. The second-order valence-electron chi connectivity index (χ2n) is 26.4. The summed E-state index contributed by atoms with van der Waals surface area (Å²) in [6.45, 7) is 24.7. The van der Waals surface area contributed by atoms with Gasteiger partial charge < -0.3 is 93.0 Å². The van der Waals surface area contributed by atoms with Crippen LogP contribution < -0.4 is 50.0 Å². The molecule has 5 aromatic rings. The topological polar surface area (TPSA) is 550 Å². The number of hydrogen-bond acceptors (Lipinski definition) is 26. The van der Waals surface area contributed by atoms with E-state index in [0.29, 0.717) is 106 Å². The molecule has 0 saturated heterocycles. The Kier molecular flexibility index (Phi) is 68.5. The van der Waals surface area contributed by atoms with E-state index in [1.165, 1.54) is 20.8 Å². The summed E-state index contributed by atoms with van der Waals surface area (Å²) >= 11 is 0. The number of carbonyl (C=O) groups excluding carboxylic acids is 4. The molecular weight excluding hydrogens is 1750 g/mol. The lowest BCUT2D eigenvalue weighted by molar-refractivity contribution is -0.151. The maximum absolute atomic E-state index is 12.9. The van der Waals surface area contributed by atoms with Crippen molar-refractivity contribution in [3.8, 4) is 28.7 Å². The molecule has 0 spiro atoms. The SMILES string of the molecule is CCCCP(=O)(N[C@@H](C)C(=O)OCC)Oc1ccccc1.CCCCP(=O)(O)O.CCCCP(=O)(O)Oc1ccccc1.CCCCP(=O)(Oc1ccccc1)O[C@@H](C)C(=O)OCC.CCCCP(=O)(Oc1ccccc1)Oc1ccccc1.CCOC(=O)[C@H](C)NP(=O)(O)CCCN.CCOC(=O)[C@H](C)OP(=O)(O)CCCN.NCCCP(=O)(O)O.[HH].[HH]. The molecule has 43 heteroatoms. The summed E-state index contributed by atoms with van der Waals surface area (Å²) in [4.78, 5) is 107. The number of carbonyl (C=O) groups is 4. The predicted octanol–water partition coefficient (Wildman–Crippen LogP) is 17.3. The van der Waals surface area contributed by atoms with E-state index in [1.54, 1.807) is 120 Å². The molecule has 0 bridgehead atoms. The summed E-state index contributed by atoms with van der Waals surface area (Å²) in [6.07, 6.45) is 8.50. The van der Waals surface area contributed by atoms with Crippen LogP contribution in [0.15, 0.2) is 152 Å². The second kappa shape index (κ2) is 69.4. The van der Waals surface area contributed by atoms with E-state index in [0.717, 1.165) is 44.9 Å². The zero-order chi connectivity index (χ0) is 93.2. The lowest BCUT2D eigenvalue weighted by Gasteiger charge is -2.23. The van der Waals surface area contributed by atoms with E-state index in [2.05, 4.69) is 21.8 Å². The van der Waals surface area contributed by atoms with Gasteiger partial charge in [-0.2, -0.15) is 0 Å². The summed E-state index contributed by atoms with van der Waals surface area (Å²) in [7, 11) is -27.8. The molecule has 0 fully saturated rings. The molecule has 5 unspecified atom stereocenters. The van der Waals surface area contributed by atoms with Crippen molar-refractivity contribution in [2.75, 3.05) is 95.4 Å². The van der Waals surface area contributed by atoms with Crippen molar-refractivity contribution in [1.29, 1.82) is 0 Å². The average molecular weight is 1890 g/mol. The van der Waals surface area contributed by atoms with Crippen molar-refractivity contribution < 1.29 is 143 Å². The maximum Gasteiger partial charge on any atom is 0.430 e. The van der Waals surface area contributed by atoms with E-state index in [1.807, 2.05) is 94.4 Å². The van der Waals surface area contributed by atoms with Crippen molar-refractivity contribution >= 4 is 84.5 Å². The van der Waals surface area contributed by atoms with Gasteiger partial charge in [0.05, 0.1) is 57.2 Å². The van der Waals surface area contributed by atoms with Crippen LogP contribution in [0, 0.1) is 0 Å². The lowest BCUT2D eigenvalue weighted by Crippen LogP contribution is -2.35. The molecule has 5 aromatic carbocycles. The van der Waals surface area contributed by atoms with Gasteiger partial charge in [0.15, 0.2) is 12.2 Å². The Labute approximate surface area is 725 Å². The van der Waals surface area contributed by atoms with Crippen molar-refractivity contribution in [2.24, 2.45) is 17.2 Å². The van der Waals surface area contributed by atoms with Gasteiger partial charge in [0, 0.05) is 21.3 Å². The first-order valence-electron chi connectivity index (χ1n) is 40.6. The van der Waals surface area contributed by atoms with Gasteiger partial charge in [-0.1, -0.05) is 158 Å². The van der Waals surface area contributed by atoms with E-state index >= 15 is 0 Å². The van der Waals surface area contributed by atoms with Crippen LogP contribution in [0.3, 0.4) is 0 Å². The lowest BCUT2D eigenvalue weighted by atomic mass is 10.3. The highest BCUT2D eigenvalue weighted by molar-refractivity contribution is 7.57. The zero-order valence-electron chi connectivity index (χ0n) is 72.9. The van der Waals surface area contributed by atoms with Crippen molar-refractivity contribution in [2.45, 2.75) is 198 Å². The van der Waals surface area contributed by atoms with Crippen LogP contribution in [0.2, 0.25) is 0 Å². The number of rotatable bonds is 50. The summed E-state index contributed by atoms with van der Waals surface area (Å²) < 4.78 is 150. The summed E-state index contributed by atoms with van der Waals surface area (Å²) in [5.74, 6) is 0.462. The minimum absolute atomic E-state index is 0. The van der Waals surface area contributed by atoms with Gasteiger partial charge in [0.1, 0.15) is 40.8 Å². The number of ether oxygens (including phenoxy) is 4. The van der Waals surface area contributed by atoms with Gasteiger partial charge in [-0.05, 0) is 187 Å². The highest BCUT2D eigenvalue weighted by Crippen LogP contribution is 2.52. The van der Waals surface area contributed by atoms with E-state index in [-0.39, 0.29) is 59.6 Å². The zero-order valence-corrected chi connectivity index (χ0v) is 80.0. The Bertz CT molecular complexity index is 3750. The average Bonchev–Trinajstić information content (AvgIpc) is 0.854. The Morgan fingerprint density at radius 1 is 0.320 bits per heavy atom. The molecule has 0 aromatic heterocycles. The fourth-order valence-electron chi connectivity index (χ4n) is 8.77.